The monoisotopic (exact) mass is 349 g/mol. The molecule has 0 amide bonds. The maximum absolute atomic E-state index is 12.9. The smallest absolute Gasteiger partial charge is 0.416 e. The van der Waals surface area contributed by atoms with Crippen LogP contribution in [0.25, 0.3) is 0 Å². The normalized spacial score (nSPS) is 11.5. The second-order valence-electron chi connectivity index (χ2n) is 5.34. The van der Waals surface area contributed by atoms with Gasteiger partial charge >= 0.3 is 6.18 Å². The number of benzene rings is 1. The molecule has 0 aliphatic rings. The van der Waals surface area contributed by atoms with Gasteiger partial charge in [0.05, 0.1) is 17.8 Å². The summed E-state index contributed by atoms with van der Waals surface area (Å²) in [6.45, 7) is 1.85. The molecule has 0 atom stereocenters. The van der Waals surface area contributed by atoms with Crippen LogP contribution in [0.3, 0.4) is 0 Å². The number of rotatable bonds is 4. The third-order valence-electron chi connectivity index (χ3n) is 3.55. The van der Waals surface area contributed by atoms with Gasteiger partial charge in [0.2, 0.25) is 5.95 Å². The van der Waals surface area contributed by atoms with E-state index in [1.165, 1.54) is 24.9 Å². The molecule has 9 heteroatoms. The quantitative estimate of drug-likeness (QED) is 0.773. The SMILES string of the molecule is Cc1cc(C(F)(F)F)ccc1N(Cc1cocn1)c1ccnc(N)n1. The molecule has 6 nitrogen and oxygen atoms in total. The Kier molecular flexibility index (Phi) is 4.30. The Labute approximate surface area is 141 Å². The van der Waals surface area contributed by atoms with Crippen LogP contribution >= 0.6 is 0 Å². The molecule has 2 N–H and O–H groups in total. The number of anilines is 3. The van der Waals surface area contributed by atoms with E-state index >= 15 is 0 Å². The lowest BCUT2D eigenvalue weighted by Crippen LogP contribution is -2.20. The second kappa shape index (κ2) is 6.42. The number of oxazole rings is 1. The van der Waals surface area contributed by atoms with Crippen molar-refractivity contribution in [2.45, 2.75) is 19.6 Å². The van der Waals surface area contributed by atoms with Crippen molar-refractivity contribution in [3.8, 4) is 0 Å². The summed E-state index contributed by atoms with van der Waals surface area (Å²) in [5.74, 6) is 0.505. The lowest BCUT2D eigenvalue weighted by atomic mass is 10.1. The van der Waals surface area contributed by atoms with E-state index in [4.69, 9.17) is 10.2 Å². The summed E-state index contributed by atoms with van der Waals surface area (Å²) >= 11 is 0. The van der Waals surface area contributed by atoms with Crippen molar-refractivity contribution < 1.29 is 17.6 Å². The van der Waals surface area contributed by atoms with E-state index in [-0.39, 0.29) is 12.5 Å². The highest BCUT2D eigenvalue weighted by Crippen LogP contribution is 2.35. The molecular weight excluding hydrogens is 335 g/mol. The van der Waals surface area contributed by atoms with Crippen molar-refractivity contribution in [2.24, 2.45) is 0 Å². The third kappa shape index (κ3) is 3.70. The Bertz CT molecular complexity index is 864. The standard InChI is InChI=1S/C16H14F3N5O/c1-10-6-11(16(17,18)19)2-3-13(10)24(7-12-8-25-9-22-12)14-4-5-21-15(20)23-14/h2-6,8-9H,7H2,1H3,(H2,20,21,23). The first-order chi connectivity index (χ1) is 11.8. The van der Waals surface area contributed by atoms with E-state index < -0.39 is 11.7 Å². The van der Waals surface area contributed by atoms with Gasteiger partial charge in [-0.05, 0) is 36.8 Å². The van der Waals surface area contributed by atoms with Gasteiger partial charge in [-0.2, -0.15) is 18.2 Å². The highest BCUT2D eigenvalue weighted by atomic mass is 19.4. The van der Waals surface area contributed by atoms with Crippen LogP contribution in [0.4, 0.5) is 30.6 Å². The molecule has 3 aromatic rings. The molecule has 0 aliphatic heterocycles. The van der Waals surface area contributed by atoms with Crippen LogP contribution < -0.4 is 10.6 Å². The molecule has 0 saturated carbocycles. The molecule has 0 spiro atoms. The van der Waals surface area contributed by atoms with E-state index in [0.29, 0.717) is 22.8 Å². The molecule has 130 valence electrons. The van der Waals surface area contributed by atoms with Crippen molar-refractivity contribution in [3.63, 3.8) is 0 Å². The van der Waals surface area contributed by atoms with Crippen LogP contribution in [0.5, 0.6) is 0 Å². The number of aryl methyl sites for hydroxylation is 1. The van der Waals surface area contributed by atoms with Crippen LogP contribution in [0, 0.1) is 6.92 Å². The molecule has 0 bridgehead atoms. The molecule has 2 aromatic heterocycles. The molecule has 3 rings (SSSR count). The number of alkyl halides is 3. The van der Waals surface area contributed by atoms with Gasteiger partial charge in [-0.25, -0.2) is 9.97 Å². The number of nitrogen functional groups attached to an aromatic ring is 1. The zero-order chi connectivity index (χ0) is 18.0. The van der Waals surface area contributed by atoms with E-state index in [1.54, 1.807) is 17.9 Å². The largest absolute Gasteiger partial charge is 0.451 e. The molecule has 0 aliphatic carbocycles. The predicted octanol–water partition coefficient (Wildman–Crippen LogP) is 3.71. The Morgan fingerprint density at radius 3 is 2.60 bits per heavy atom. The van der Waals surface area contributed by atoms with Crippen molar-refractivity contribution in [2.75, 3.05) is 10.6 Å². The first-order valence-electron chi connectivity index (χ1n) is 7.25. The van der Waals surface area contributed by atoms with Crippen molar-refractivity contribution in [1.82, 2.24) is 15.0 Å². The summed E-state index contributed by atoms with van der Waals surface area (Å²) < 4.78 is 43.7. The number of nitrogens with zero attached hydrogens (tertiary/aromatic N) is 4. The highest BCUT2D eigenvalue weighted by molar-refractivity contribution is 5.64. The van der Waals surface area contributed by atoms with Crippen LogP contribution in [-0.4, -0.2) is 15.0 Å². The summed E-state index contributed by atoms with van der Waals surface area (Å²) in [5.41, 5.74) is 6.51. The first-order valence-corrected chi connectivity index (χ1v) is 7.25. The van der Waals surface area contributed by atoms with Gasteiger partial charge < -0.3 is 15.1 Å². The van der Waals surface area contributed by atoms with Crippen LogP contribution in [0.1, 0.15) is 16.8 Å². The number of halogens is 3. The van der Waals surface area contributed by atoms with Crippen molar-refractivity contribution in [3.05, 3.63) is 59.9 Å². The number of aromatic nitrogens is 3. The van der Waals surface area contributed by atoms with Crippen LogP contribution in [-0.2, 0) is 12.7 Å². The van der Waals surface area contributed by atoms with Crippen LogP contribution in [0.2, 0.25) is 0 Å². The van der Waals surface area contributed by atoms with Gasteiger partial charge in [-0.15, -0.1) is 0 Å². The minimum Gasteiger partial charge on any atom is -0.451 e. The minimum atomic E-state index is -4.40. The summed E-state index contributed by atoms with van der Waals surface area (Å²) in [5, 5.41) is 0. The lowest BCUT2D eigenvalue weighted by molar-refractivity contribution is -0.137. The maximum Gasteiger partial charge on any atom is 0.416 e. The summed E-state index contributed by atoms with van der Waals surface area (Å²) in [7, 11) is 0. The fourth-order valence-corrected chi connectivity index (χ4v) is 2.42. The Morgan fingerprint density at radius 1 is 1.20 bits per heavy atom. The van der Waals surface area contributed by atoms with Crippen LogP contribution in [0.15, 0.2) is 47.5 Å². The van der Waals surface area contributed by atoms with Gasteiger partial charge in [0, 0.05) is 11.9 Å². The van der Waals surface area contributed by atoms with E-state index in [2.05, 4.69) is 15.0 Å². The van der Waals surface area contributed by atoms with E-state index in [1.807, 2.05) is 0 Å². The average molecular weight is 349 g/mol. The first kappa shape index (κ1) is 16.7. The van der Waals surface area contributed by atoms with Crippen molar-refractivity contribution in [1.29, 1.82) is 0 Å². The Morgan fingerprint density at radius 2 is 2.00 bits per heavy atom. The topological polar surface area (TPSA) is 81.1 Å². The number of hydrogen-bond donors (Lipinski definition) is 1. The zero-order valence-corrected chi connectivity index (χ0v) is 13.2. The fourth-order valence-electron chi connectivity index (χ4n) is 2.42. The zero-order valence-electron chi connectivity index (χ0n) is 13.2. The van der Waals surface area contributed by atoms with Gasteiger partial charge in [-0.3, -0.25) is 0 Å². The molecule has 2 heterocycles. The molecule has 1 aromatic carbocycles. The van der Waals surface area contributed by atoms with E-state index in [0.717, 1.165) is 12.1 Å². The molecule has 25 heavy (non-hydrogen) atoms. The predicted molar refractivity (Wildman–Crippen MR) is 85.0 cm³/mol. The molecule has 0 fully saturated rings. The molecule has 0 saturated heterocycles. The molecular formula is C16H14F3N5O. The Balaban J connectivity index is 2.05. The highest BCUT2D eigenvalue weighted by Gasteiger charge is 2.31. The third-order valence-corrected chi connectivity index (χ3v) is 3.55. The number of nitrogens with two attached hydrogens (primary N) is 1. The summed E-state index contributed by atoms with van der Waals surface area (Å²) in [6, 6.07) is 5.14. The van der Waals surface area contributed by atoms with Crippen molar-refractivity contribution >= 4 is 17.5 Å². The van der Waals surface area contributed by atoms with E-state index in [9.17, 15) is 13.2 Å². The molecule has 0 unspecified atom stereocenters. The second-order valence-corrected chi connectivity index (χ2v) is 5.34. The average Bonchev–Trinajstić information content (AvgIpc) is 3.05. The van der Waals surface area contributed by atoms with Gasteiger partial charge in [-0.1, -0.05) is 0 Å². The van der Waals surface area contributed by atoms with Gasteiger partial charge in [0.1, 0.15) is 12.1 Å². The molecule has 0 radical (unpaired) electrons. The lowest BCUT2D eigenvalue weighted by Gasteiger charge is -2.25. The minimum absolute atomic E-state index is 0.0622. The maximum atomic E-state index is 12.9. The summed E-state index contributed by atoms with van der Waals surface area (Å²) in [4.78, 5) is 13.7. The number of hydrogen-bond acceptors (Lipinski definition) is 6. The Hall–Kier alpha value is -3.10. The summed E-state index contributed by atoms with van der Waals surface area (Å²) in [6.07, 6.45) is -0.190. The fraction of sp³-hybridized carbons (Fsp3) is 0.188. The van der Waals surface area contributed by atoms with Gasteiger partial charge in [0.15, 0.2) is 6.39 Å². The van der Waals surface area contributed by atoms with Gasteiger partial charge in [0.25, 0.3) is 0 Å².